The van der Waals surface area contributed by atoms with Crippen LogP contribution in [0.4, 0.5) is 0 Å². The first-order valence-electron chi connectivity index (χ1n) is 2.96. The van der Waals surface area contributed by atoms with Gasteiger partial charge in [0.1, 0.15) is 12.9 Å². The Labute approximate surface area is 58.9 Å². The van der Waals surface area contributed by atoms with Crippen molar-refractivity contribution in [2.45, 2.75) is 6.92 Å². The highest BCUT2D eigenvalue weighted by Gasteiger charge is 2.00. The van der Waals surface area contributed by atoms with E-state index in [-0.39, 0.29) is 5.97 Å². The molecule has 10 heavy (non-hydrogen) atoms. The van der Waals surface area contributed by atoms with Gasteiger partial charge in [0, 0.05) is 6.92 Å². The third-order valence-corrected chi connectivity index (χ3v) is 0.936. The van der Waals surface area contributed by atoms with Gasteiger partial charge in [-0.2, -0.15) is 0 Å². The molecule has 0 radical (unpaired) electrons. The summed E-state index contributed by atoms with van der Waals surface area (Å²) in [5.74, 6) is 0.125. The summed E-state index contributed by atoms with van der Waals surface area (Å²) in [5, 5.41) is 0. The molecule has 0 N–H and O–H groups in total. The molecule has 0 aromatic rings. The second-order valence-electron chi connectivity index (χ2n) is 1.85. The maximum absolute atomic E-state index is 10.4. The lowest BCUT2D eigenvalue weighted by molar-refractivity contribution is -0.136. The SMILES string of the molecule is CC(=O)OC1=COCC=C1. The van der Waals surface area contributed by atoms with E-state index >= 15 is 0 Å². The summed E-state index contributed by atoms with van der Waals surface area (Å²) in [7, 11) is 0. The van der Waals surface area contributed by atoms with Gasteiger partial charge in [-0.15, -0.1) is 0 Å². The van der Waals surface area contributed by atoms with Crippen molar-refractivity contribution in [2.24, 2.45) is 0 Å². The van der Waals surface area contributed by atoms with Gasteiger partial charge in [0.15, 0.2) is 5.76 Å². The standard InChI is InChI=1S/C7H8O3/c1-6(8)10-7-3-2-4-9-5-7/h2-3,5H,4H2,1H3. The molecule has 0 saturated heterocycles. The molecule has 1 rings (SSSR count). The number of allylic oxidation sites excluding steroid dienone is 1. The molecule has 0 aromatic carbocycles. The largest absolute Gasteiger partial charge is 0.493 e. The molecule has 0 unspecified atom stereocenters. The zero-order valence-electron chi connectivity index (χ0n) is 5.66. The fourth-order valence-electron chi connectivity index (χ4n) is 0.613. The molecule has 0 saturated carbocycles. The maximum Gasteiger partial charge on any atom is 0.308 e. The van der Waals surface area contributed by atoms with E-state index in [4.69, 9.17) is 9.47 Å². The summed E-state index contributed by atoms with van der Waals surface area (Å²) in [6, 6.07) is 0. The molecular weight excluding hydrogens is 132 g/mol. The Kier molecular flexibility index (Phi) is 2.10. The van der Waals surface area contributed by atoms with Gasteiger partial charge >= 0.3 is 5.97 Å². The normalized spacial score (nSPS) is 15.5. The summed E-state index contributed by atoms with van der Waals surface area (Å²) < 4.78 is 9.56. The molecule has 1 heterocycles. The van der Waals surface area contributed by atoms with Crippen LogP contribution in [0.3, 0.4) is 0 Å². The molecule has 3 nitrogen and oxygen atoms in total. The van der Waals surface area contributed by atoms with Crippen LogP contribution in [0.1, 0.15) is 6.92 Å². The topological polar surface area (TPSA) is 35.5 Å². The van der Waals surface area contributed by atoms with Crippen LogP contribution in [-0.4, -0.2) is 12.6 Å². The first-order valence-corrected chi connectivity index (χ1v) is 2.96. The quantitative estimate of drug-likeness (QED) is 0.509. The van der Waals surface area contributed by atoms with E-state index in [1.807, 2.05) is 0 Å². The summed E-state index contributed by atoms with van der Waals surface area (Å²) in [4.78, 5) is 10.4. The summed E-state index contributed by atoms with van der Waals surface area (Å²) in [6.07, 6.45) is 4.89. The minimum atomic E-state index is -0.332. The summed E-state index contributed by atoms with van der Waals surface area (Å²) in [6.45, 7) is 1.90. The lowest BCUT2D eigenvalue weighted by atomic mass is 10.4. The van der Waals surface area contributed by atoms with Crippen LogP contribution >= 0.6 is 0 Å². The van der Waals surface area contributed by atoms with Crippen molar-refractivity contribution in [3.8, 4) is 0 Å². The maximum atomic E-state index is 10.4. The Hall–Kier alpha value is -1.25. The average molecular weight is 140 g/mol. The average Bonchev–Trinajstić information content (AvgIpc) is 1.88. The highest BCUT2D eigenvalue weighted by Crippen LogP contribution is 2.04. The molecule has 0 bridgehead atoms. The van der Waals surface area contributed by atoms with E-state index in [2.05, 4.69) is 0 Å². The molecule has 0 amide bonds. The van der Waals surface area contributed by atoms with Crippen molar-refractivity contribution < 1.29 is 14.3 Å². The van der Waals surface area contributed by atoms with Crippen molar-refractivity contribution in [1.29, 1.82) is 0 Å². The zero-order valence-corrected chi connectivity index (χ0v) is 5.66. The summed E-state index contributed by atoms with van der Waals surface area (Å²) in [5.41, 5.74) is 0. The predicted octanol–water partition coefficient (Wildman–Crippen LogP) is 0.977. The second-order valence-corrected chi connectivity index (χ2v) is 1.85. The van der Waals surface area contributed by atoms with Crippen LogP contribution in [0.5, 0.6) is 0 Å². The molecule has 54 valence electrons. The Morgan fingerprint density at radius 3 is 3.10 bits per heavy atom. The minimum absolute atomic E-state index is 0.332. The number of esters is 1. The van der Waals surface area contributed by atoms with Crippen molar-refractivity contribution in [3.63, 3.8) is 0 Å². The molecule has 0 aromatic heterocycles. The molecule has 3 heteroatoms. The van der Waals surface area contributed by atoms with Gasteiger partial charge in [-0.05, 0) is 12.2 Å². The Morgan fingerprint density at radius 1 is 1.80 bits per heavy atom. The van der Waals surface area contributed by atoms with Gasteiger partial charge in [0.25, 0.3) is 0 Å². The van der Waals surface area contributed by atoms with Crippen LogP contribution in [0.15, 0.2) is 24.2 Å². The summed E-state index contributed by atoms with van der Waals surface area (Å²) >= 11 is 0. The number of carbonyl (C=O) groups excluding carboxylic acids is 1. The predicted molar refractivity (Wildman–Crippen MR) is 34.9 cm³/mol. The fourth-order valence-corrected chi connectivity index (χ4v) is 0.613. The molecule has 0 fully saturated rings. The molecule has 0 atom stereocenters. The fraction of sp³-hybridized carbons (Fsp3) is 0.286. The van der Waals surface area contributed by atoms with E-state index in [0.29, 0.717) is 12.4 Å². The molecule has 1 aliphatic heterocycles. The molecule has 1 aliphatic rings. The number of carbonyl (C=O) groups is 1. The van der Waals surface area contributed by atoms with E-state index < -0.39 is 0 Å². The molecule has 0 aliphatic carbocycles. The van der Waals surface area contributed by atoms with Gasteiger partial charge in [-0.1, -0.05) is 0 Å². The Bertz CT molecular complexity index is 191. The van der Waals surface area contributed by atoms with Crippen LogP contribution < -0.4 is 0 Å². The Morgan fingerprint density at radius 2 is 2.60 bits per heavy atom. The van der Waals surface area contributed by atoms with E-state index in [9.17, 15) is 4.79 Å². The van der Waals surface area contributed by atoms with Gasteiger partial charge in [-0.25, -0.2) is 0 Å². The van der Waals surface area contributed by atoms with Gasteiger partial charge in [0.2, 0.25) is 0 Å². The number of ether oxygens (including phenoxy) is 2. The van der Waals surface area contributed by atoms with Crippen LogP contribution in [0.2, 0.25) is 0 Å². The number of hydrogen-bond donors (Lipinski definition) is 0. The third kappa shape index (κ3) is 1.93. The van der Waals surface area contributed by atoms with Crippen LogP contribution in [0, 0.1) is 0 Å². The van der Waals surface area contributed by atoms with E-state index in [0.717, 1.165) is 0 Å². The van der Waals surface area contributed by atoms with Crippen molar-refractivity contribution in [2.75, 3.05) is 6.61 Å². The number of rotatable bonds is 1. The zero-order chi connectivity index (χ0) is 7.40. The molecule has 0 spiro atoms. The smallest absolute Gasteiger partial charge is 0.308 e. The van der Waals surface area contributed by atoms with Crippen LogP contribution in [0.25, 0.3) is 0 Å². The lowest BCUT2D eigenvalue weighted by Gasteiger charge is -2.05. The first kappa shape index (κ1) is 6.86. The van der Waals surface area contributed by atoms with E-state index in [1.54, 1.807) is 12.2 Å². The first-order chi connectivity index (χ1) is 4.79. The second kappa shape index (κ2) is 3.06. The van der Waals surface area contributed by atoms with Crippen molar-refractivity contribution >= 4 is 5.97 Å². The van der Waals surface area contributed by atoms with Crippen LogP contribution in [-0.2, 0) is 14.3 Å². The van der Waals surface area contributed by atoms with Gasteiger partial charge in [0.05, 0.1) is 0 Å². The Balaban J connectivity index is 2.48. The number of hydrogen-bond acceptors (Lipinski definition) is 3. The highest BCUT2D eigenvalue weighted by molar-refractivity contribution is 5.67. The monoisotopic (exact) mass is 140 g/mol. The van der Waals surface area contributed by atoms with E-state index in [1.165, 1.54) is 13.2 Å². The third-order valence-electron chi connectivity index (χ3n) is 0.936. The van der Waals surface area contributed by atoms with Gasteiger partial charge in [-0.3, -0.25) is 4.79 Å². The van der Waals surface area contributed by atoms with Gasteiger partial charge < -0.3 is 9.47 Å². The highest BCUT2D eigenvalue weighted by atomic mass is 16.6. The van der Waals surface area contributed by atoms with Crippen molar-refractivity contribution in [3.05, 3.63) is 24.2 Å². The molecular formula is C7H8O3. The minimum Gasteiger partial charge on any atom is -0.493 e. The lowest BCUT2D eigenvalue weighted by Crippen LogP contribution is -2.00. The van der Waals surface area contributed by atoms with Crippen molar-refractivity contribution in [1.82, 2.24) is 0 Å².